The van der Waals surface area contributed by atoms with Crippen molar-refractivity contribution < 1.29 is 9.13 Å². The lowest BCUT2D eigenvalue weighted by Crippen LogP contribution is -2.07. The SMILES string of the molecule is CNCc1cncc(Oc2ccc(C)c(F)c2)n1. The third-order valence-electron chi connectivity index (χ3n) is 2.39. The van der Waals surface area contributed by atoms with Crippen molar-refractivity contribution in [3.05, 3.63) is 47.7 Å². The van der Waals surface area contributed by atoms with E-state index in [4.69, 9.17) is 4.74 Å². The molecule has 0 saturated heterocycles. The first-order chi connectivity index (χ1) is 8.69. The minimum Gasteiger partial charge on any atom is -0.437 e. The standard InChI is InChI=1S/C13H14FN3O/c1-9-3-4-11(5-12(9)14)18-13-8-16-7-10(17-13)6-15-2/h3-5,7-8,15H,6H2,1-2H3. The quantitative estimate of drug-likeness (QED) is 0.901. The lowest BCUT2D eigenvalue weighted by molar-refractivity contribution is 0.452. The van der Waals surface area contributed by atoms with E-state index in [-0.39, 0.29) is 5.82 Å². The Morgan fingerprint density at radius 2 is 2.17 bits per heavy atom. The third-order valence-corrected chi connectivity index (χ3v) is 2.39. The van der Waals surface area contributed by atoms with Crippen molar-refractivity contribution >= 4 is 0 Å². The smallest absolute Gasteiger partial charge is 0.238 e. The van der Waals surface area contributed by atoms with E-state index in [1.807, 2.05) is 7.05 Å². The highest BCUT2D eigenvalue weighted by Gasteiger charge is 2.04. The van der Waals surface area contributed by atoms with Gasteiger partial charge in [-0.1, -0.05) is 6.07 Å². The molecule has 0 atom stereocenters. The van der Waals surface area contributed by atoms with Gasteiger partial charge >= 0.3 is 0 Å². The van der Waals surface area contributed by atoms with Crippen molar-refractivity contribution in [1.82, 2.24) is 15.3 Å². The maximum Gasteiger partial charge on any atom is 0.238 e. The number of nitrogens with zero attached hydrogens (tertiary/aromatic N) is 2. The van der Waals surface area contributed by atoms with Gasteiger partial charge in [-0.3, -0.25) is 4.98 Å². The van der Waals surface area contributed by atoms with E-state index in [0.29, 0.717) is 23.7 Å². The number of aromatic nitrogens is 2. The van der Waals surface area contributed by atoms with E-state index >= 15 is 0 Å². The first kappa shape index (κ1) is 12.4. The van der Waals surface area contributed by atoms with Crippen LogP contribution in [0.25, 0.3) is 0 Å². The van der Waals surface area contributed by atoms with Crippen LogP contribution in [-0.2, 0) is 6.54 Å². The van der Waals surface area contributed by atoms with Gasteiger partial charge in [-0.15, -0.1) is 0 Å². The van der Waals surface area contributed by atoms with Crippen molar-refractivity contribution in [3.8, 4) is 11.6 Å². The van der Waals surface area contributed by atoms with Crippen molar-refractivity contribution in [2.24, 2.45) is 0 Å². The zero-order valence-corrected chi connectivity index (χ0v) is 10.3. The fourth-order valence-electron chi connectivity index (χ4n) is 1.46. The van der Waals surface area contributed by atoms with Crippen molar-refractivity contribution in [1.29, 1.82) is 0 Å². The molecule has 1 heterocycles. The summed E-state index contributed by atoms with van der Waals surface area (Å²) in [5.74, 6) is 0.465. The number of rotatable bonds is 4. The highest BCUT2D eigenvalue weighted by Crippen LogP contribution is 2.21. The molecular formula is C13H14FN3O. The van der Waals surface area contributed by atoms with Crippen LogP contribution in [0, 0.1) is 12.7 Å². The molecule has 0 bridgehead atoms. The Kier molecular flexibility index (Phi) is 3.84. The van der Waals surface area contributed by atoms with Gasteiger partial charge in [0.1, 0.15) is 11.6 Å². The molecule has 18 heavy (non-hydrogen) atoms. The van der Waals surface area contributed by atoms with Gasteiger partial charge in [0.15, 0.2) is 0 Å². The zero-order chi connectivity index (χ0) is 13.0. The van der Waals surface area contributed by atoms with Gasteiger partial charge in [0.25, 0.3) is 0 Å². The molecule has 0 spiro atoms. The van der Waals surface area contributed by atoms with Gasteiger partial charge in [0, 0.05) is 18.8 Å². The summed E-state index contributed by atoms with van der Waals surface area (Å²) in [5.41, 5.74) is 1.35. The molecule has 0 aliphatic rings. The molecule has 0 saturated carbocycles. The lowest BCUT2D eigenvalue weighted by Gasteiger charge is -2.06. The Morgan fingerprint density at radius 1 is 1.33 bits per heavy atom. The van der Waals surface area contributed by atoms with Crippen LogP contribution in [0.3, 0.4) is 0 Å². The number of hydrogen-bond donors (Lipinski definition) is 1. The molecule has 94 valence electrons. The van der Waals surface area contributed by atoms with Crippen molar-refractivity contribution in [3.63, 3.8) is 0 Å². The van der Waals surface area contributed by atoms with Gasteiger partial charge < -0.3 is 10.1 Å². The van der Waals surface area contributed by atoms with Crippen molar-refractivity contribution in [2.75, 3.05) is 7.05 Å². The van der Waals surface area contributed by atoms with E-state index in [1.54, 1.807) is 25.3 Å². The third kappa shape index (κ3) is 3.01. The van der Waals surface area contributed by atoms with Gasteiger partial charge in [0.2, 0.25) is 5.88 Å². The van der Waals surface area contributed by atoms with Gasteiger partial charge in [0.05, 0.1) is 11.9 Å². The largest absolute Gasteiger partial charge is 0.437 e. The van der Waals surface area contributed by atoms with Gasteiger partial charge in [-0.2, -0.15) is 0 Å². The molecule has 0 unspecified atom stereocenters. The average molecular weight is 247 g/mol. The minimum absolute atomic E-state index is 0.299. The molecule has 5 heteroatoms. The van der Waals surface area contributed by atoms with Crippen LogP contribution in [0.1, 0.15) is 11.3 Å². The Morgan fingerprint density at radius 3 is 2.89 bits per heavy atom. The number of hydrogen-bond acceptors (Lipinski definition) is 4. The van der Waals surface area contributed by atoms with Crippen LogP contribution in [0.5, 0.6) is 11.6 Å². The molecule has 0 fully saturated rings. The summed E-state index contributed by atoms with van der Waals surface area (Å²) in [7, 11) is 1.82. The van der Waals surface area contributed by atoms with E-state index < -0.39 is 0 Å². The first-order valence-electron chi connectivity index (χ1n) is 5.58. The highest BCUT2D eigenvalue weighted by molar-refractivity contribution is 5.30. The predicted molar refractivity (Wildman–Crippen MR) is 66.0 cm³/mol. The molecule has 0 aliphatic heterocycles. The van der Waals surface area contributed by atoms with Crippen LogP contribution >= 0.6 is 0 Å². The predicted octanol–water partition coefficient (Wildman–Crippen LogP) is 2.44. The summed E-state index contributed by atoms with van der Waals surface area (Å²) in [6.45, 7) is 2.30. The second kappa shape index (κ2) is 5.55. The molecule has 1 aromatic heterocycles. The highest BCUT2D eigenvalue weighted by atomic mass is 19.1. The molecule has 1 aromatic carbocycles. The lowest BCUT2D eigenvalue weighted by atomic mass is 10.2. The minimum atomic E-state index is -0.299. The maximum atomic E-state index is 13.4. The Bertz CT molecular complexity index is 546. The molecule has 0 amide bonds. The zero-order valence-electron chi connectivity index (χ0n) is 10.3. The van der Waals surface area contributed by atoms with Crippen LogP contribution in [0.2, 0.25) is 0 Å². The normalized spacial score (nSPS) is 10.4. The maximum absolute atomic E-state index is 13.4. The monoisotopic (exact) mass is 247 g/mol. The summed E-state index contributed by atoms with van der Waals surface area (Å²) >= 11 is 0. The Balaban J connectivity index is 2.17. The van der Waals surface area contributed by atoms with Crippen LogP contribution < -0.4 is 10.1 Å². The van der Waals surface area contributed by atoms with E-state index in [2.05, 4.69) is 15.3 Å². The van der Waals surface area contributed by atoms with Gasteiger partial charge in [-0.05, 0) is 25.6 Å². The number of halogens is 1. The molecule has 0 radical (unpaired) electrons. The summed E-state index contributed by atoms with van der Waals surface area (Å²) in [6.07, 6.45) is 3.15. The Labute approximate surface area is 105 Å². The molecule has 2 rings (SSSR count). The average Bonchev–Trinajstić information content (AvgIpc) is 2.35. The molecule has 4 nitrogen and oxygen atoms in total. The molecule has 2 aromatic rings. The van der Waals surface area contributed by atoms with Gasteiger partial charge in [-0.25, -0.2) is 9.37 Å². The second-order valence-corrected chi connectivity index (χ2v) is 3.89. The first-order valence-corrected chi connectivity index (χ1v) is 5.58. The molecular weight excluding hydrogens is 233 g/mol. The topological polar surface area (TPSA) is 47.0 Å². The number of nitrogens with one attached hydrogen (secondary N) is 1. The van der Waals surface area contributed by atoms with Crippen LogP contribution in [0.15, 0.2) is 30.6 Å². The molecule has 1 N–H and O–H groups in total. The summed E-state index contributed by atoms with van der Waals surface area (Å²) in [6, 6.07) is 4.70. The fourth-order valence-corrected chi connectivity index (χ4v) is 1.46. The number of benzene rings is 1. The summed E-state index contributed by atoms with van der Waals surface area (Å²) < 4.78 is 18.8. The molecule has 0 aliphatic carbocycles. The van der Waals surface area contributed by atoms with E-state index in [9.17, 15) is 4.39 Å². The number of aryl methyl sites for hydroxylation is 1. The number of ether oxygens (including phenoxy) is 1. The Hall–Kier alpha value is -2.01. The second-order valence-electron chi connectivity index (χ2n) is 3.89. The summed E-state index contributed by atoms with van der Waals surface area (Å²) in [4.78, 5) is 8.26. The van der Waals surface area contributed by atoms with Crippen molar-refractivity contribution in [2.45, 2.75) is 13.5 Å². The van der Waals surface area contributed by atoms with E-state index in [0.717, 1.165) is 5.69 Å². The van der Waals surface area contributed by atoms with Crippen LogP contribution in [0.4, 0.5) is 4.39 Å². The van der Waals surface area contributed by atoms with Crippen LogP contribution in [-0.4, -0.2) is 17.0 Å². The summed E-state index contributed by atoms with van der Waals surface area (Å²) in [5, 5.41) is 2.97. The van der Waals surface area contributed by atoms with E-state index in [1.165, 1.54) is 12.3 Å². The fraction of sp³-hybridized carbons (Fsp3) is 0.231.